The van der Waals surface area contributed by atoms with E-state index in [0.717, 1.165) is 25.2 Å². The molecule has 5 heteroatoms. The number of hydrogen-bond donors (Lipinski definition) is 2. The molecule has 1 aromatic carbocycles. The van der Waals surface area contributed by atoms with Gasteiger partial charge in [0.15, 0.2) is 0 Å². The Morgan fingerprint density at radius 2 is 2.28 bits per heavy atom. The second kappa shape index (κ2) is 5.73. The van der Waals surface area contributed by atoms with Gasteiger partial charge in [-0.25, -0.2) is 4.79 Å². The lowest BCUT2D eigenvalue weighted by Crippen LogP contribution is -2.22. The molecule has 0 aromatic heterocycles. The molecule has 0 bridgehead atoms. The molecule has 1 aromatic rings. The molecule has 1 unspecified atom stereocenters. The maximum atomic E-state index is 11.5. The molecule has 2 N–H and O–H groups in total. The number of carbonyl (C=O) groups is 1. The fourth-order valence-electron chi connectivity index (χ4n) is 2.07. The van der Waals surface area contributed by atoms with Crippen LogP contribution in [-0.2, 0) is 4.74 Å². The Bertz CT molecular complexity index is 428. The fraction of sp³-hybridized carbons (Fsp3) is 0.462. The Balaban J connectivity index is 2.15. The van der Waals surface area contributed by atoms with Gasteiger partial charge in [0.2, 0.25) is 0 Å². The summed E-state index contributed by atoms with van der Waals surface area (Å²) >= 11 is 0. The van der Waals surface area contributed by atoms with E-state index in [1.165, 1.54) is 7.11 Å². The lowest BCUT2D eigenvalue weighted by molar-refractivity contribution is 0.0597. The van der Waals surface area contributed by atoms with E-state index in [9.17, 15) is 4.79 Å². The summed E-state index contributed by atoms with van der Waals surface area (Å²) in [5.41, 5.74) is 1.39. The van der Waals surface area contributed by atoms with Crippen molar-refractivity contribution in [2.75, 3.05) is 32.6 Å². The highest BCUT2D eigenvalue weighted by Gasteiger charge is 2.16. The summed E-state index contributed by atoms with van der Waals surface area (Å²) in [7, 11) is 2.90. The van der Waals surface area contributed by atoms with E-state index in [-0.39, 0.29) is 5.97 Å². The van der Waals surface area contributed by atoms with Crippen molar-refractivity contribution in [2.45, 2.75) is 12.5 Å². The molecule has 0 saturated carbocycles. The van der Waals surface area contributed by atoms with Crippen molar-refractivity contribution in [2.24, 2.45) is 0 Å². The largest absolute Gasteiger partial charge is 0.496 e. The third kappa shape index (κ3) is 2.73. The predicted octanol–water partition coefficient (Wildman–Crippen LogP) is 1.26. The summed E-state index contributed by atoms with van der Waals surface area (Å²) in [5.74, 6) is 0.138. The first-order valence-corrected chi connectivity index (χ1v) is 5.98. The SMILES string of the molecule is COC(=O)c1ccc(NC2CCNC2)cc1OC. The van der Waals surface area contributed by atoms with Crippen LogP contribution in [0.2, 0.25) is 0 Å². The summed E-state index contributed by atoms with van der Waals surface area (Å²) in [4.78, 5) is 11.5. The highest BCUT2D eigenvalue weighted by molar-refractivity contribution is 5.93. The first kappa shape index (κ1) is 12.7. The number of nitrogens with one attached hydrogen (secondary N) is 2. The molecule has 0 radical (unpaired) electrons. The van der Waals surface area contributed by atoms with Crippen LogP contribution in [0.4, 0.5) is 5.69 Å². The minimum Gasteiger partial charge on any atom is -0.496 e. The number of anilines is 1. The summed E-state index contributed by atoms with van der Waals surface area (Å²) in [6, 6.07) is 5.84. The smallest absolute Gasteiger partial charge is 0.341 e. The van der Waals surface area contributed by atoms with Crippen molar-refractivity contribution < 1.29 is 14.3 Å². The van der Waals surface area contributed by atoms with Crippen LogP contribution < -0.4 is 15.4 Å². The molecule has 0 spiro atoms. The van der Waals surface area contributed by atoms with Crippen LogP contribution in [0, 0.1) is 0 Å². The van der Waals surface area contributed by atoms with Gasteiger partial charge >= 0.3 is 5.97 Å². The molecule has 1 saturated heterocycles. The average Bonchev–Trinajstić information content (AvgIpc) is 2.90. The second-order valence-corrected chi connectivity index (χ2v) is 4.24. The molecular weight excluding hydrogens is 232 g/mol. The van der Waals surface area contributed by atoms with E-state index in [2.05, 4.69) is 10.6 Å². The van der Waals surface area contributed by atoms with E-state index in [4.69, 9.17) is 9.47 Å². The van der Waals surface area contributed by atoms with Crippen molar-refractivity contribution in [1.29, 1.82) is 0 Å². The third-order valence-electron chi connectivity index (χ3n) is 3.04. The second-order valence-electron chi connectivity index (χ2n) is 4.24. The molecule has 5 nitrogen and oxygen atoms in total. The summed E-state index contributed by atoms with van der Waals surface area (Å²) in [6.45, 7) is 2.00. The normalized spacial score (nSPS) is 18.4. The van der Waals surface area contributed by atoms with Gasteiger partial charge in [-0.3, -0.25) is 0 Å². The van der Waals surface area contributed by atoms with E-state index < -0.39 is 0 Å². The van der Waals surface area contributed by atoms with Gasteiger partial charge in [-0.1, -0.05) is 0 Å². The Morgan fingerprint density at radius 3 is 2.89 bits per heavy atom. The van der Waals surface area contributed by atoms with Gasteiger partial charge in [-0.15, -0.1) is 0 Å². The predicted molar refractivity (Wildman–Crippen MR) is 69.2 cm³/mol. The van der Waals surface area contributed by atoms with Gasteiger partial charge in [0, 0.05) is 24.3 Å². The van der Waals surface area contributed by atoms with E-state index in [0.29, 0.717) is 17.4 Å². The quantitative estimate of drug-likeness (QED) is 0.788. The monoisotopic (exact) mass is 250 g/mol. The lowest BCUT2D eigenvalue weighted by Gasteiger charge is -2.15. The highest BCUT2D eigenvalue weighted by Crippen LogP contribution is 2.24. The van der Waals surface area contributed by atoms with E-state index >= 15 is 0 Å². The van der Waals surface area contributed by atoms with Crippen molar-refractivity contribution >= 4 is 11.7 Å². The van der Waals surface area contributed by atoms with Gasteiger partial charge in [-0.05, 0) is 25.1 Å². The van der Waals surface area contributed by atoms with Crippen LogP contribution in [-0.4, -0.2) is 39.3 Å². The Kier molecular flexibility index (Phi) is 4.04. The first-order chi connectivity index (χ1) is 8.74. The third-order valence-corrected chi connectivity index (χ3v) is 3.04. The minimum atomic E-state index is -0.388. The van der Waals surface area contributed by atoms with Crippen molar-refractivity contribution in [3.63, 3.8) is 0 Å². The van der Waals surface area contributed by atoms with Crippen molar-refractivity contribution in [3.8, 4) is 5.75 Å². The Labute approximate surface area is 106 Å². The van der Waals surface area contributed by atoms with Crippen LogP contribution in [0.3, 0.4) is 0 Å². The van der Waals surface area contributed by atoms with E-state index in [1.807, 2.05) is 12.1 Å². The maximum absolute atomic E-state index is 11.5. The number of hydrogen-bond acceptors (Lipinski definition) is 5. The molecule has 0 amide bonds. The fourth-order valence-corrected chi connectivity index (χ4v) is 2.07. The molecule has 1 aliphatic rings. The van der Waals surface area contributed by atoms with Gasteiger partial charge in [0.1, 0.15) is 11.3 Å². The number of carbonyl (C=O) groups excluding carboxylic acids is 1. The molecular formula is C13H18N2O3. The molecule has 98 valence electrons. The summed E-state index contributed by atoms with van der Waals surface area (Å²) < 4.78 is 9.92. The molecule has 0 aliphatic carbocycles. The molecule has 1 heterocycles. The number of methoxy groups -OCH3 is 2. The number of ether oxygens (including phenoxy) is 2. The first-order valence-electron chi connectivity index (χ1n) is 5.98. The van der Waals surface area contributed by atoms with Gasteiger partial charge in [0.25, 0.3) is 0 Å². The van der Waals surface area contributed by atoms with Crippen LogP contribution in [0.1, 0.15) is 16.8 Å². The molecule has 1 fully saturated rings. The minimum absolute atomic E-state index is 0.388. The number of benzene rings is 1. The Morgan fingerprint density at radius 1 is 1.44 bits per heavy atom. The summed E-state index contributed by atoms with van der Waals surface area (Å²) in [5, 5.41) is 6.70. The van der Waals surface area contributed by atoms with Crippen LogP contribution in [0.25, 0.3) is 0 Å². The van der Waals surface area contributed by atoms with Gasteiger partial charge in [-0.2, -0.15) is 0 Å². The Hall–Kier alpha value is -1.75. The highest BCUT2D eigenvalue weighted by atomic mass is 16.5. The van der Waals surface area contributed by atoms with Crippen molar-refractivity contribution in [3.05, 3.63) is 23.8 Å². The van der Waals surface area contributed by atoms with Crippen LogP contribution >= 0.6 is 0 Å². The van der Waals surface area contributed by atoms with Gasteiger partial charge < -0.3 is 20.1 Å². The molecule has 1 atom stereocenters. The zero-order valence-electron chi connectivity index (χ0n) is 10.7. The van der Waals surface area contributed by atoms with Crippen LogP contribution in [0.5, 0.6) is 5.75 Å². The van der Waals surface area contributed by atoms with Gasteiger partial charge in [0.05, 0.1) is 14.2 Å². The average molecular weight is 250 g/mol. The zero-order valence-corrected chi connectivity index (χ0v) is 10.7. The number of rotatable bonds is 4. The topological polar surface area (TPSA) is 59.6 Å². The van der Waals surface area contributed by atoms with Crippen molar-refractivity contribution in [1.82, 2.24) is 5.32 Å². The molecule has 18 heavy (non-hydrogen) atoms. The molecule has 1 aliphatic heterocycles. The maximum Gasteiger partial charge on any atom is 0.341 e. The summed E-state index contributed by atoms with van der Waals surface area (Å²) in [6.07, 6.45) is 1.10. The molecule has 2 rings (SSSR count). The number of esters is 1. The lowest BCUT2D eigenvalue weighted by atomic mass is 10.1. The van der Waals surface area contributed by atoms with Crippen LogP contribution in [0.15, 0.2) is 18.2 Å². The van der Waals surface area contributed by atoms with E-state index in [1.54, 1.807) is 13.2 Å². The zero-order chi connectivity index (χ0) is 13.0. The standard InChI is InChI=1S/C13H18N2O3/c1-17-12-7-9(15-10-5-6-14-8-10)3-4-11(12)13(16)18-2/h3-4,7,10,14-15H,5-6,8H2,1-2H3.